The molecule has 1 saturated heterocycles. The van der Waals surface area contributed by atoms with Crippen molar-refractivity contribution in [3.8, 4) is 11.3 Å². The van der Waals surface area contributed by atoms with Gasteiger partial charge in [-0.15, -0.1) is 0 Å². The maximum atomic E-state index is 13.5. The van der Waals surface area contributed by atoms with Gasteiger partial charge in [0.15, 0.2) is 0 Å². The van der Waals surface area contributed by atoms with E-state index in [1.54, 1.807) is 24.7 Å². The van der Waals surface area contributed by atoms with Crippen LogP contribution in [0.1, 0.15) is 15.9 Å². The van der Waals surface area contributed by atoms with E-state index in [9.17, 15) is 4.79 Å². The third kappa shape index (κ3) is 4.73. The molecule has 166 valence electrons. The van der Waals surface area contributed by atoms with Gasteiger partial charge in [0, 0.05) is 67.5 Å². The summed E-state index contributed by atoms with van der Waals surface area (Å²) in [6, 6.07) is 14.0. The second kappa shape index (κ2) is 9.42. The van der Waals surface area contributed by atoms with Crippen LogP contribution >= 0.6 is 0 Å². The predicted octanol–water partition coefficient (Wildman–Crippen LogP) is 3.33. The van der Waals surface area contributed by atoms with Crippen molar-refractivity contribution >= 4 is 16.8 Å². The molecular weight excluding hydrogens is 412 g/mol. The molecule has 0 aliphatic carbocycles. The van der Waals surface area contributed by atoms with Gasteiger partial charge in [0.2, 0.25) is 0 Å². The lowest BCUT2D eigenvalue weighted by atomic mass is 9.96. The Kier molecular flexibility index (Phi) is 6.04. The van der Waals surface area contributed by atoms with Gasteiger partial charge in [0.05, 0.1) is 11.2 Å². The van der Waals surface area contributed by atoms with Gasteiger partial charge in [-0.05, 0) is 43.1 Å². The van der Waals surface area contributed by atoms with Gasteiger partial charge in [-0.1, -0.05) is 24.3 Å². The molecule has 0 spiro atoms. The smallest absolute Gasteiger partial charge is 0.254 e. The first-order chi connectivity index (χ1) is 16.2. The Bertz CT molecular complexity index is 1260. The number of carbonyl (C=O) groups excluding carboxylic acids is 1. The Morgan fingerprint density at radius 2 is 1.85 bits per heavy atom. The fraction of sp³-hybridized carbons (Fsp3) is 0.269. The Hall–Kier alpha value is -3.71. The first-order valence-corrected chi connectivity index (χ1v) is 11.2. The van der Waals surface area contributed by atoms with Crippen molar-refractivity contribution < 1.29 is 4.79 Å². The van der Waals surface area contributed by atoms with Gasteiger partial charge >= 0.3 is 0 Å². The van der Waals surface area contributed by atoms with Crippen LogP contribution in [0, 0.1) is 5.92 Å². The molecule has 7 heteroatoms. The minimum atomic E-state index is 0.0341. The zero-order chi connectivity index (χ0) is 22.6. The van der Waals surface area contributed by atoms with E-state index in [-0.39, 0.29) is 5.91 Å². The molecular formula is C26H26N6O. The van der Waals surface area contributed by atoms with Gasteiger partial charge in [0.25, 0.3) is 5.91 Å². The van der Waals surface area contributed by atoms with Crippen molar-refractivity contribution in [1.29, 1.82) is 0 Å². The zero-order valence-electron chi connectivity index (χ0n) is 18.6. The highest BCUT2D eigenvalue weighted by atomic mass is 16.2. The lowest BCUT2D eigenvalue weighted by Crippen LogP contribution is -2.36. The van der Waals surface area contributed by atoms with Crippen LogP contribution in [0.5, 0.6) is 0 Å². The maximum Gasteiger partial charge on any atom is 0.254 e. The van der Waals surface area contributed by atoms with Crippen molar-refractivity contribution in [2.45, 2.75) is 6.42 Å². The summed E-state index contributed by atoms with van der Waals surface area (Å²) < 4.78 is 0. The normalized spacial score (nSPS) is 17.1. The van der Waals surface area contributed by atoms with E-state index >= 15 is 0 Å². The van der Waals surface area contributed by atoms with E-state index in [0.29, 0.717) is 30.3 Å². The summed E-state index contributed by atoms with van der Waals surface area (Å²) in [6.07, 6.45) is 9.30. The maximum absolute atomic E-state index is 13.5. The fourth-order valence-corrected chi connectivity index (χ4v) is 4.58. The summed E-state index contributed by atoms with van der Waals surface area (Å²) in [4.78, 5) is 34.9. The molecule has 1 fully saturated rings. The molecule has 7 nitrogen and oxygen atoms in total. The number of amides is 1. The lowest BCUT2D eigenvalue weighted by molar-refractivity contribution is 0.0746. The molecule has 1 aliphatic rings. The Morgan fingerprint density at radius 1 is 1.00 bits per heavy atom. The molecule has 4 heterocycles. The summed E-state index contributed by atoms with van der Waals surface area (Å²) in [5, 5.41) is 1.15. The Morgan fingerprint density at radius 3 is 2.73 bits per heavy atom. The molecule has 3 aromatic heterocycles. The van der Waals surface area contributed by atoms with Gasteiger partial charge in [-0.2, -0.15) is 0 Å². The van der Waals surface area contributed by atoms with Crippen LogP contribution in [0.25, 0.3) is 22.2 Å². The Balaban J connectivity index is 1.38. The summed E-state index contributed by atoms with van der Waals surface area (Å²) in [6.45, 7) is 3.20. The predicted molar refractivity (Wildman–Crippen MR) is 128 cm³/mol. The fourth-order valence-electron chi connectivity index (χ4n) is 4.58. The highest BCUT2D eigenvalue weighted by Crippen LogP contribution is 2.23. The van der Waals surface area contributed by atoms with E-state index in [4.69, 9.17) is 0 Å². The number of para-hydroxylation sites is 1. The number of hydrogen-bond donors (Lipinski definition) is 0. The molecule has 5 rings (SSSR count). The lowest BCUT2D eigenvalue weighted by Gasteiger charge is -2.25. The van der Waals surface area contributed by atoms with Crippen molar-refractivity contribution in [1.82, 2.24) is 29.7 Å². The molecule has 0 saturated carbocycles. The SMILES string of the molecule is CN1CCN(C(=O)c2ccnc(-c3cncnc3)c2)C[C@H](Cc2cccc3cccnc23)C1. The van der Waals surface area contributed by atoms with E-state index in [1.807, 2.05) is 23.2 Å². The van der Waals surface area contributed by atoms with Crippen LogP contribution in [0.4, 0.5) is 0 Å². The summed E-state index contributed by atoms with van der Waals surface area (Å²) >= 11 is 0. The largest absolute Gasteiger partial charge is 0.337 e. The molecule has 0 radical (unpaired) electrons. The number of rotatable bonds is 4. The first-order valence-electron chi connectivity index (χ1n) is 11.2. The monoisotopic (exact) mass is 438 g/mol. The van der Waals surface area contributed by atoms with E-state index in [0.717, 1.165) is 36.0 Å². The molecule has 1 amide bonds. The Labute approximate surface area is 193 Å². The molecule has 1 atom stereocenters. The van der Waals surface area contributed by atoms with Crippen molar-refractivity contribution in [3.63, 3.8) is 0 Å². The number of fused-ring (bicyclic) bond motifs is 1. The molecule has 1 aromatic carbocycles. The molecule has 0 N–H and O–H groups in total. The number of nitrogens with zero attached hydrogens (tertiary/aromatic N) is 6. The topological polar surface area (TPSA) is 75.1 Å². The standard InChI is InChI=1S/C26H26N6O/c1-31-10-11-32(26(33)22-7-9-29-24(13-22)23-14-27-18-28-15-23)17-19(16-31)12-21-5-2-4-20-6-3-8-30-25(20)21/h2-9,13-15,18-19H,10-12,16-17H2,1H3/t19-/m1/s1. The number of likely N-dealkylation sites (N-methyl/N-ethyl adjacent to an activating group) is 1. The molecule has 0 bridgehead atoms. The van der Waals surface area contributed by atoms with Crippen LogP contribution in [0.2, 0.25) is 0 Å². The van der Waals surface area contributed by atoms with Gasteiger partial charge in [-0.3, -0.25) is 14.8 Å². The third-order valence-electron chi connectivity index (χ3n) is 6.18. The quantitative estimate of drug-likeness (QED) is 0.487. The molecule has 0 unspecified atom stereocenters. The van der Waals surface area contributed by atoms with Gasteiger partial charge < -0.3 is 9.80 Å². The van der Waals surface area contributed by atoms with Crippen molar-refractivity contribution in [2.24, 2.45) is 5.92 Å². The minimum absolute atomic E-state index is 0.0341. The number of aromatic nitrogens is 4. The van der Waals surface area contributed by atoms with E-state index < -0.39 is 0 Å². The van der Waals surface area contributed by atoms with Crippen LogP contribution in [0.15, 0.2) is 73.6 Å². The van der Waals surface area contributed by atoms with Crippen LogP contribution in [-0.4, -0.2) is 68.9 Å². The summed E-state index contributed by atoms with van der Waals surface area (Å²) in [5.41, 5.74) is 4.42. The minimum Gasteiger partial charge on any atom is -0.337 e. The summed E-state index contributed by atoms with van der Waals surface area (Å²) in [5.74, 6) is 0.352. The number of benzene rings is 1. The average molecular weight is 439 g/mol. The highest BCUT2D eigenvalue weighted by molar-refractivity contribution is 5.95. The molecule has 33 heavy (non-hydrogen) atoms. The van der Waals surface area contributed by atoms with Crippen molar-refractivity contribution in [2.75, 3.05) is 33.2 Å². The van der Waals surface area contributed by atoms with Crippen LogP contribution in [0.3, 0.4) is 0 Å². The van der Waals surface area contributed by atoms with Crippen LogP contribution < -0.4 is 0 Å². The number of pyridine rings is 2. The third-order valence-corrected chi connectivity index (χ3v) is 6.18. The van der Waals surface area contributed by atoms with Crippen molar-refractivity contribution in [3.05, 3.63) is 84.7 Å². The zero-order valence-corrected chi connectivity index (χ0v) is 18.6. The highest BCUT2D eigenvalue weighted by Gasteiger charge is 2.26. The van der Waals surface area contributed by atoms with Crippen LogP contribution in [-0.2, 0) is 6.42 Å². The van der Waals surface area contributed by atoms with E-state index in [1.165, 1.54) is 11.9 Å². The molecule has 1 aliphatic heterocycles. The first kappa shape index (κ1) is 21.2. The second-order valence-electron chi connectivity index (χ2n) is 8.63. The van der Waals surface area contributed by atoms with E-state index in [2.05, 4.69) is 56.1 Å². The number of hydrogen-bond acceptors (Lipinski definition) is 6. The molecule has 4 aromatic rings. The van der Waals surface area contributed by atoms with Gasteiger partial charge in [0.1, 0.15) is 6.33 Å². The number of carbonyl (C=O) groups is 1. The summed E-state index contributed by atoms with van der Waals surface area (Å²) in [7, 11) is 2.13. The second-order valence-corrected chi connectivity index (χ2v) is 8.63. The average Bonchev–Trinajstić information content (AvgIpc) is 3.05. The van der Waals surface area contributed by atoms with Gasteiger partial charge in [-0.25, -0.2) is 9.97 Å².